The molecule has 1 aromatic carbocycles. The van der Waals surface area contributed by atoms with Crippen LogP contribution in [0.4, 0.5) is 0 Å². The molecule has 0 bridgehead atoms. The highest BCUT2D eigenvalue weighted by molar-refractivity contribution is 6.32. The van der Waals surface area contributed by atoms with Crippen LogP contribution in [0.5, 0.6) is 0 Å². The Balaban J connectivity index is 2.08. The zero-order valence-electron chi connectivity index (χ0n) is 16.9. The predicted molar refractivity (Wildman–Crippen MR) is 113 cm³/mol. The average molecular weight is 419 g/mol. The Morgan fingerprint density at radius 1 is 1.20 bits per heavy atom. The quantitative estimate of drug-likeness (QED) is 0.438. The number of hydrogen-bond donors (Lipinski definition) is 0. The lowest BCUT2D eigenvalue weighted by Crippen LogP contribution is -2.09. The lowest BCUT2D eigenvalue weighted by Gasteiger charge is -2.11. The summed E-state index contributed by atoms with van der Waals surface area (Å²) >= 11 is 6.06. The number of pyridine rings is 1. The molecule has 0 radical (unpaired) electrons. The lowest BCUT2D eigenvalue weighted by molar-refractivity contribution is 0.0526. The van der Waals surface area contributed by atoms with Gasteiger partial charge in [0.25, 0.3) is 0 Å². The van der Waals surface area contributed by atoms with E-state index in [0.717, 1.165) is 28.1 Å². The predicted octanol–water partition coefficient (Wildman–Crippen LogP) is 4.79. The smallest absolute Gasteiger partial charge is 0.341 e. The third kappa shape index (κ3) is 3.91. The van der Waals surface area contributed by atoms with Crippen LogP contribution in [0.25, 0.3) is 11.1 Å². The molecule has 0 aliphatic rings. The van der Waals surface area contributed by atoms with Gasteiger partial charge in [-0.15, -0.1) is 0 Å². The van der Waals surface area contributed by atoms with Crippen molar-refractivity contribution in [3.63, 3.8) is 0 Å². The van der Waals surface area contributed by atoms with Gasteiger partial charge in [0.05, 0.1) is 29.4 Å². The maximum Gasteiger partial charge on any atom is 0.341 e. The molecule has 0 atom stereocenters. The summed E-state index contributed by atoms with van der Waals surface area (Å²) in [6.45, 7) is 6.17. The van der Waals surface area contributed by atoms with Crippen LogP contribution in [0.15, 0.2) is 36.5 Å². The molecule has 0 amide bonds. The number of rotatable bonds is 5. The first kappa shape index (κ1) is 21.1. The molecule has 0 saturated heterocycles. The topological polar surface area (TPSA) is 91.7 Å². The first-order valence-electron chi connectivity index (χ1n) is 9.33. The van der Waals surface area contributed by atoms with E-state index in [1.165, 1.54) is 0 Å². The largest absolute Gasteiger partial charge is 0.462 e. The number of carbonyl (C=O) groups is 1. The van der Waals surface area contributed by atoms with Crippen LogP contribution in [0, 0.1) is 36.5 Å². The molecule has 0 unspecified atom stereocenters. The van der Waals surface area contributed by atoms with Crippen molar-refractivity contribution in [2.75, 3.05) is 6.61 Å². The Kier molecular flexibility index (Phi) is 6.20. The van der Waals surface area contributed by atoms with Gasteiger partial charge in [-0.2, -0.15) is 10.5 Å². The molecule has 7 heteroatoms. The van der Waals surface area contributed by atoms with Gasteiger partial charge in [-0.1, -0.05) is 23.7 Å². The molecule has 3 aromatic rings. The monoisotopic (exact) mass is 418 g/mol. The van der Waals surface area contributed by atoms with Gasteiger partial charge >= 0.3 is 5.97 Å². The van der Waals surface area contributed by atoms with E-state index in [1.807, 2.05) is 24.5 Å². The molecule has 0 fully saturated rings. The Bertz CT molecular complexity index is 1220. The number of esters is 1. The Labute approximate surface area is 179 Å². The van der Waals surface area contributed by atoms with Gasteiger partial charge < -0.3 is 9.30 Å². The van der Waals surface area contributed by atoms with E-state index in [0.29, 0.717) is 17.7 Å². The first-order chi connectivity index (χ1) is 14.4. The zero-order valence-corrected chi connectivity index (χ0v) is 17.6. The van der Waals surface area contributed by atoms with E-state index in [4.69, 9.17) is 16.3 Å². The van der Waals surface area contributed by atoms with Crippen molar-refractivity contribution in [2.45, 2.75) is 27.3 Å². The minimum atomic E-state index is -0.524. The molecule has 150 valence electrons. The standard InChI is InChI=1S/C23H19ClN4O2/c1-4-30-23(29)19-9-17(12-27-22(19)24)13-28-14(2)20(11-26)21(15(28)3)18-7-5-6-16(8-18)10-25/h5-9,12H,4,13H2,1-3H3. The second kappa shape index (κ2) is 8.82. The fraction of sp³-hybridized carbons (Fsp3) is 0.217. The van der Waals surface area contributed by atoms with Crippen LogP contribution in [-0.4, -0.2) is 22.1 Å². The summed E-state index contributed by atoms with van der Waals surface area (Å²) < 4.78 is 7.03. The minimum absolute atomic E-state index is 0.0878. The van der Waals surface area contributed by atoms with Crippen LogP contribution in [0.2, 0.25) is 5.15 Å². The summed E-state index contributed by atoms with van der Waals surface area (Å²) in [6, 6.07) is 13.3. The van der Waals surface area contributed by atoms with Gasteiger partial charge in [-0.3, -0.25) is 0 Å². The van der Waals surface area contributed by atoms with Crippen molar-refractivity contribution in [2.24, 2.45) is 0 Å². The maximum atomic E-state index is 12.1. The van der Waals surface area contributed by atoms with Crippen LogP contribution >= 0.6 is 11.6 Å². The van der Waals surface area contributed by atoms with Crippen LogP contribution in [-0.2, 0) is 11.3 Å². The Morgan fingerprint density at radius 2 is 1.97 bits per heavy atom. The number of aromatic nitrogens is 2. The molecule has 2 aromatic heterocycles. The molecule has 0 spiro atoms. The molecule has 30 heavy (non-hydrogen) atoms. The van der Waals surface area contributed by atoms with Crippen molar-refractivity contribution in [1.82, 2.24) is 9.55 Å². The first-order valence-corrected chi connectivity index (χ1v) is 9.70. The fourth-order valence-corrected chi connectivity index (χ4v) is 3.65. The number of carbonyl (C=O) groups excluding carboxylic acids is 1. The number of nitriles is 2. The molecular formula is C23H19ClN4O2. The number of ether oxygens (including phenoxy) is 1. The van der Waals surface area contributed by atoms with Gasteiger partial charge in [-0.05, 0) is 50.1 Å². The SMILES string of the molecule is CCOC(=O)c1cc(Cn2c(C)c(C#N)c(-c3cccc(C#N)c3)c2C)cnc1Cl. The molecule has 2 heterocycles. The molecule has 0 N–H and O–H groups in total. The van der Waals surface area contributed by atoms with Crippen LogP contribution in [0.3, 0.4) is 0 Å². The molecule has 0 saturated carbocycles. The number of halogens is 1. The van der Waals surface area contributed by atoms with Crippen molar-refractivity contribution in [3.05, 3.63) is 75.3 Å². The van der Waals surface area contributed by atoms with E-state index in [2.05, 4.69) is 17.1 Å². The molecule has 3 rings (SSSR count). The van der Waals surface area contributed by atoms with E-state index < -0.39 is 5.97 Å². The van der Waals surface area contributed by atoms with Crippen molar-refractivity contribution >= 4 is 17.6 Å². The van der Waals surface area contributed by atoms with Gasteiger partial charge in [0.1, 0.15) is 11.2 Å². The number of nitrogens with zero attached hydrogens (tertiary/aromatic N) is 4. The molecule has 0 aliphatic carbocycles. The van der Waals surface area contributed by atoms with Gasteiger partial charge in [0.15, 0.2) is 0 Å². The average Bonchev–Trinajstić information content (AvgIpc) is 2.99. The Morgan fingerprint density at radius 3 is 2.63 bits per heavy atom. The second-order valence-electron chi connectivity index (χ2n) is 6.71. The summed E-state index contributed by atoms with van der Waals surface area (Å²) in [5.41, 5.74) is 5.32. The normalized spacial score (nSPS) is 10.3. The Hall–Kier alpha value is -3.61. The van der Waals surface area contributed by atoms with Gasteiger partial charge in [0, 0.05) is 29.7 Å². The van der Waals surface area contributed by atoms with Crippen LogP contribution in [0.1, 0.15) is 45.4 Å². The lowest BCUT2D eigenvalue weighted by atomic mass is 9.99. The van der Waals surface area contributed by atoms with E-state index in [9.17, 15) is 15.3 Å². The van der Waals surface area contributed by atoms with Crippen LogP contribution < -0.4 is 0 Å². The van der Waals surface area contributed by atoms with Crippen molar-refractivity contribution in [3.8, 4) is 23.3 Å². The molecule has 0 aliphatic heterocycles. The summed E-state index contributed by atoms with van der Waals surface area (Å²) in [5.74, 6) is -0.524. The highest BCUT2D eigenvalue weighted by Crippen LogP contribution is 2.33. The third-order valence-corrected chi connectivity index (χ3v) is 5.21. The number of hydrogen-bond acceptors (Lipinski definition) is 5. The van der Waals surface area contributed by atoms with Gasteiger partial charge in [0.2, 0.25) is 0 Å². The summed E-state index contributed by atoms with van der Waals surface area (Å²) in [7, 11) is 0. The summed E-state index contributed by atoms with van der Waals surface area (Å²) in [6.07, 6.45) is 1.60. The second-order valence-corrected chi connectivity index (χ2v) is 7.07. The summed E-state index contributed by atoms with van der Waals surface area (Å²) in [5, 5.41) is 19.1. The van der Waals surface area contributed by atoms with E-state index in [-0.39, 0.29) is 17.3 Å². The molecule has 6 nitrogen and oxygen atoms in total. The van der Waals surface area contributed by atoms with Crippen molar-refractivity contribution in [1.29, 1.82) is 10.5 Å². The minimum Gasteiger partial charge on any atom is -0.462 e. The highest BCUT2D eigenvalue weighted by Gasteiger charge is 2.20. The molecular weight excluding hydrogens is 400 g/mol. The van der Waals surface area contributed by atoms with E-state index >= 15 is 0 Å². The zero-order chi connectivity index (χ0) is 21.8. The third-order valence-electron chi connectivity index (χ3n) is 4.91. The number of benzene rings is 1. The van der Waals surface area contributed by atoms with E-state index in [1.54, 1.807) is 37.4 Å². The summed E-state index contributed by atoms with van der Waals surface area (Å²) in [4.78, 5) is 16.2. The van der Waals surface area contributed by atoms with Gasteiger partial charge in [-0.25, -0.2) is 9.78 Å². The highest BCUT2D eigenvalue weighted by atomic mass is 35.5. The van der Waals surface area contributed by atoms with Crippen molar-refractivity contribution < 1.29 is 9.53 Å². The maximum absolute atomic E-state index is 12.1. The fourth-order valence-electron chi connectivity index (χ4n) is 3.47.